The number of nitrogens with zero attached hydrogens (tertiary/aromatic N) is 2. The number of pyridine rings is 1. The van der Waals surface area contributed by atoms with E-state index >= 15 is 0 Å². The Morgan fingerprint density at radius 3 is 2.85 bits per heavy atom. The maximum atomic E-state index is 11.4. The lowest BCUT2D eigenvalue weighted by Gasteiger charge is -2.09. The molecule has 0 aliphatic heterocycles. The first-order chi connectivity index (χ1) is 9.49. The molecule has 8 heteroatoms. The Labute approximate surface area is 118 Å². The molecule has 0 unspecified atom stereocenters. The number of aryl methyl sites for hydroxylation is 1. The Morgan fingerprint density at radius 2 is 2.25 bits per heavy atom. The lowest BCUT2D eigenvalue weighted by Crippen LogP contribution is -2.17. The molecule has 0 radical (unpaired) electrons. The molecule has 0 saturated carbocycles. The van der Waals surface area contributed by atoms with Crippen LogP contribution in [0.15, 0.2) is 17.6 Å². The number of nitrogens with two attached hydrogens (primary N) is 1. The van der Waals surface area contributed by atoms with E-state index in [1.54, 1.807) is 19.2 Å². The van der Waals surface area contributed by atoms with Gasteiger partial charge in [0.15, 0.2) is 5.69 Å². The Balaban J connectivity index is 2.16. The SMILES string of the molecule is Cc1ccnc(NCc2nc(C(=O)O)cs2)c1C(N)=O. The quantitative estimate of drug-likeness (QED) is 0.763. The maximum Gasteiger partial charge on any atom is 0.355 e. The van der Waals surface area contributed by atoms with Gasteiger partial charge in [-0.3, -0.25) is 4.79 Å². The fourth-order valence-electron chi connectivity index (χ4n) is 1.65. The van der Waals surface area contributed by atoms with Gasteiger partial charge < -0.3 is 16.2 Å². The molecule has 0 spiro atoms. The third-order valence-electron chi connectivity index (χ3n) is 2.58. The summed E-state index contributed by atoms with van der Waals surface area (Å²) in [5, 5.41) is 13.8. The number of carbonyl (C=O) groups excluding carboxylic acids is 1. The molecule has 2 aromatic rings. The first-order valence-corrected chi connectivity index (χ1v) is 6.54. The van der Waals surface area contributed by atoms with Gasteiger partial charge in [0.1, 0.15) is 10.8 Å². The normalized spacial score (nSPS) is 10.2. The molecule has 0 saturated heterocycles. The number of anilines is 1. The van der Waals surface area contributed by atoms with Gasteiger partial charge in [0, 0.05) is 11.6 Å². The van der Waals surface area contributed by atoms with E-state index in [1.165, 1.54) is 16.7 Å². The van der Waals surface area contributed by atoms with Crippen LogP contribution in [0, 0.1) is 6.92 Å². The minimum absolute atomic E-state index is 0.000809. The van der Waals surface area contributed by atoms with E-state index in [0.717, 1.165) is 5.56 Å². The van der Waals surface area contributed by atoms with Crippen molar-refractivity contribution in [3.8, 4) is 0 Å². The van der Waals surface area contributed by atoms with Crippen LogP contribution in [0.3, 0.4) is 0 Å². The smallest absolute Gasteiger partial charge is 0.355 e. The summed E-state index contributed by atoms with van der Waals surface area (Å²) in [6.07, 6.45) is 1.56. The van der Waals surface area contributed by atoms with E-state index < -0.39 is 11.9 Å². The second kappa shape index (κ2) is 5.66. The standard InChI is InChI=1S/C12H12N4O3S/c1-6-2-3-14-11(9(6)10(13)17)15-4-8-16-7(5-20-8)12(18)19/h2-3,5H,4H2,1H3,(H2,13,17)(H,14,15)(H,18,19). The first-order valence-electron chi connectivity index (χ1n) is 5.66. The van der Waals surface area contributed by atoms with Crippen molar-refractivity contribution in [3.63, 3.8) is 0 Å². The van der Waals surface area contributed by atoms with Gasteiger partial charge >= 0.3 is 5.97 Å². The van der Waals surface area contributed by atoms with Crippen molar-refractivity contribution in [2.45, 2.75) is 13.5 Å². The van der Waals surface area contributed by atoms with Crippen molar-refractivity contribution in [1.29, 1.82) is 0 Å². The number of aromatic carboxylic acids is 1. The van der Waals surface area contributed by atoms with Crippen LogP contribution < -0.4 is 11.1 Å². The highest BCUT2D eigenvalue weighted by atomic mass is 32.1. The molecule has 104 valence electrons. The van der Waals surface area contributed by atoms with Crippen molar-refractivity contribution in [1.82, 2.24) is 9.97 Å². The van der Waals surface area contributed by atoms with E-state index in [9.17, 15) is 9.59 Å². The summed E-state index contributed by atoms with van der Waals surface area (Å²) in [7, 11) is 0. The Hall–Kier alpha value is -2.48. The third kappa shape index (κ3) is 2.91. The largest absolute Gasteiger partial charge is 0.476 e. The van der Waals surface area contributed by atoms with E-state index in [2.05, 4.69) is 15.3 Å². The van der Waals surface area contributed by atoms with Crippen molar-refractivity contribution in [2.75, 3.05) is 5.32 Å². The lowest BCUT2D eigenvalue weighted by atomic mass is 10.1. The molecule has 2 aromatic heterocycles. The second-order valence-corrected chi connectivity index (χ2v) is 4.94. The van der Waals surface area contributed by atoms with Gasteiger partial charge in [-0.1, -0.05) is 0 Å². The fourth-order valence-corrected chi connectivity index (χ4v) is 2.36. The third-order valence-corrected chi connectivity index (χ3v) is 3.43. The molecule has 7 nitrogen and oxygen atoms in total. The number of amides is 1. The van der Waals surface area contributed by atoms with Crippen LogP contribution in [-0.4, -0.2) is 27.0 Å². The minimum atomic E-state index is -1.07. The van der Waals surface area contributed by atoms with Crippen molar-refractivity contribution >= 4 is 29.0 Å². The average molecular weight is 292 g/mol. The highest BCUT2D eigenvalue weighted by Crippen LogP contribution is 2.18. The number of nitrogens with one attached hydrogen (secondary N) is 1. The summed E-state index contributed by atoms with van der Waals surface area (Å²) in [6, 6.07) is 1.69. The summed E-state index contributed by atoms with van der Waals surface area (Å²) in [5.41, 5.74) is 6.36. The zero-order valence-electron chi connectivity index (χ0n) is 10.6. The van der Waals surface area contributed by atoms with Crippen LogP contribution in [0.4, 0.5) is 5.82 Å². The summed E-state index contributed by atoms with van der Waals surface area (Å²) in [5.74, 6) is -1.27. The number of thiazole rings is 1. The van der Waals surface area contributed by atoms with Crippen LogP contribution >= 0.6 is 11.3 Å². The number of primary amides is 1. The molecule has 0 bridgehead atoms. The van der Waals surface area contributed by atoms with Gasteiger partial charge in [0.2, 0.25) is 0 Å². The van der Waals surface area contributed by atoms with Crippen molar-refractivity contribution in [3.05, 3.63) is 39.5 Å². The molecule has 0 aromatic carbocycles. The number of aromatic nitrogens is 2. The lowest BCUT2D eigenvalue weighted by molar-refractivity contribution is 0.0691. The molecule has 2 rings (SSSR count). The van der Waals surface area contributed by atoms with Gasteiger partial charge in [-0.05, 0) is 18.6 Å². The predicted octanol–water partition coefficient (Wildman–Crippen LogP) is 1.26. The maximum absolute atomic E-state index is 11.4. The summed E-state index contributed by atoms with van der Waals surface area (Å²) < 4.78 is 0. The molecule has 4 N–H and O–H groups in total. The topological polar surface area (TPSA) is 118 Å². The zero-order chi connectivity index (χ0) is 14.7. The highest BCUT2D eigenvalue weighted by Gasteiger charge is 2.13. The number of carboxylic acids is 1. The van der Waals surface area contributed by atoms with Crippen molar-refractivity contribution in [2.24, 2.45) is 5.73 Å². The van der Waals surface area contributed by atoms with Crippen LogP contribution in [0.5, 0.6) is 0 Å². The molecule has 0 aliphatic carbocycles. The van der Waals surface area contributed by atoms with Gasteiger partial charge in [-0.15, -0.1) is 11.3 Å². The summed E-state index contributed by atoms with van der Waals surface area (Å²) in [6.45, 7) is 2.04. The van der Waals surface area contributed by atoms with Crippen LogP contribution in [-0.2, 0) is 6.54 Å². The first kappa shape index (κ1) is 13.9. The Kier molecular flexibility index (Phi) is 3.94. The Morgan fingerprint density at radius 1 is 1.50 bits per heavy atom. The zero-order valence-corrected chi connectivity index (χ0v) is 11.4. The van der Waals surface area contributed by atoms with E-state index in [-0.39, 0.29) is 12.2 Å². The molecule has 20 heavy (non-hydrogen) atoms. The second-order valence-electron chi connectivity index (χ2n) is 4.00. The molecular weight excluding hydrogens is 280 g/mol. The predicted molar refractivity (Wildman–Crippen MR) is 73.9 cm³/mol. The van der Waals surface area contributed by atoms with Crippen LogP contribution in [0.2, 0.25) is 0 Å². The average Bonchev–Trinajstić information content (AvgIpc) is 2.84. The minimum Gasteiger partial charge on any atom is -0.476 e. The summed E-state index contributed by atoms with van der Waals surface area (Å²) >= 11 is 1.22. The number of carbonyl (C=O) groups is 2. The number of hydrogen-bond acceptors (Lipinski definition) is 6. The monoisotopic (exact) mass is 292 g/mol. The van der Waals surface area contributed by atoms with E-state index in [4.69, 9.17) is 10.8 Å². The molecule has 2 heterocycles. The van der Waals surface area contributed by atoms with Crippen LogP contribution in [0.25, 0.3) is 0 Å². The van der Waals surface area contributed by atoms with E-state index in [1.807, 2.05) is 0 Å². The molecule has 1 amide bonds. The summed E-state index contributed by atoms with van der Waals surface area (Å²) in [4.78, 5) is 30.1. The number of carboxylic acid groups (broad SMARTS) is 1. The van der Waals surface area contributed by atoms with Gasteiger partial charge in [0.05, 0.1) is 12.1 Å². The molecule has 0 atom stereocenters. The van der Waals surface area contributed by atoms with Gasteiger partial charge in [0.25, 0.3) is 5.91 Å². The fraction of sp³-hybridized carbons (Fsp3) is 0.167. The highest BCUT2D eigenvalue weighted by molar-refractivity contribution is 7.09. The van der Waals surface area contributed by atoms with Gasteiger partial charge in [-0.25, -0.2) is 14.8 Å². The van der Waals surface area contributed by atoms with E-state index in [0.29, 0.717) is 16.4 Å². The Bertz CT molecular complexity index is 668. The number of hydrogen-bond donors (Lipinski definition) is 3. The molecule has 0 aliphatic rings. The van der Waals surface area contributed by atoms with Gasteiger partial charge in [-0.2, -0.15) is 0 Å². The molecular formula is C12H12N4O3S. The molecule has 0 fully saturated rings. The number of rotatable bonds is 5. The van der Waals surface area contributed by atoms with Crippen LogP contribution in [0.1, 0.15) is 31.4 Å². The van der Waals surface area contributed by atoms with Crippen molar-refractivity contribution < 1.29 is 14.7 Å².